The van der Waals surface area contributed by atoms with E-state index in [-0.39, 0.29) is 24.2 Å². The summed E-state index contributed by atoms with van der Waals surface area (Å²) in [5, 5.41) is 0.612. The molecule has 0 fully saturated rings. The Morgan fingerprint density at radius 1 is 1.06 bits per heavy atom. The average molecular weight is 456 g/mol. The first-order valence-electron chi connectivity index (χ1n) is 11.2. The van der Waals surface area contributed by atoms with Gasteiger partial charge in [0.05, 0.1) is 18.3 Å². The van der Waals surface area contributed by atoms with Crippen LogP contribution in [0.4, 0.5) is 4.39 Å². The maximum atomic E-state index is 14.2. The van der Waals surface area contributed by atoms with E-state index in [0.29, 0.717) is 36.5 Å². The summed E-state index contributed by atoms with van der Waals surface area (Å²) in [7, 11) is 0. The highest BCUT2D eigenvalue weighted by molar-refractivity contribution is 5.86. The molecule has 0 spiro atoms. The second-order valence-electron chi connectivity index (χ2n) is 7.75. The number of aromatic nitrogens is 1. The van der Waals surface area contributed by atoms with Crippen LogP contribution in [0.5, 0.6) is 11.5 Å². The minimum absolute atomic E-state index is 0.0883. The van der Waals surface area contributed by atoms with Crippen molar-refractivity contribution in [3.05, 3.63) is 65.6 Å². The number of hydrogen-bond acceptors (Lipinski definition) is 6. The quantitative estimate of drug-likeness (QED) is 0.368. The summed E-state index contributed by atoms with van der Waals surface area (Å²) in [6.07, 6.45) is 1.28. The third kappa shape index (κ3) is 6.42. The Morgan fingerprint density at radius 3 is 2.48 bits per heavy atom. The second-order valence-corrected chi connectivity index (χ2v) is 7.75. The Hall–Kier alpha value is -3.19. The van der Waals surface area contributed by atoms with Crippen molar-refractivity contribution in [3.63, 3.8) is 0 Å². The lowest BCUT2D eigenvalue weighted by molar-refractivity contribution is -0.156. The zero-order chi connectivity index (χ0) is 23.8. The fraction of sp³-hybridized carbons (Fsp3) is 0.385. The van der Waals surface area contributed by atoms with Crippen molar-refractivity contribution in [3.8, 4) is 11.5 Å². The highest BCUT2D eigenvalue weighted by atomic mass is 19.1. The van der Waals surface area contributed by atoms with Crippen molar-refractivity contribution in [1.29, 1.82) is 0 Å². The van der Waals surface area contributed by atoms with Crippen LogP contribution in [0.25, 0.3) is 10.9 Å². The smallest absolute Gasteiger partial charge is 0.335 e. The highest BCUT2D eigenvalue weighted by Crippen LogP contribution is 2.31. The Labute approximate surface area is 193 Å². The molecule has 3 aromatic rings. The summed E-state index contributed by atoms with van der Waals surface area (Å²) >= 11 is 0. The number of rotatable bonds is 11. The summed E-state index contributed by atoms with van der Waals surface area (Å²) < 4.78 is 36.7. The zero-order valence-corrected chi connectivity index (χ0v) is 19.5. The Kier molecular flexibility index (Phi) is 8.60. The normalized spacial score (nSPS) is 12.1. The molecule has 1 heterocycles. The van der Waals surface area contributed by atoms with Gasteiger partial charge in [-0.15, -0.1) is 0 Å². The Balaban J connectivity index is 1.73. The lowest BCUT2D eigenvalue weighted by atomic mass is 10.1. The van der Waals surface area contributed by atoms with Crippen LogP contribution in [0.3, 0.4) is 0 Å². The van der Waals surface area contributed by atoms with E-state index in [1.807, 2.05) is 45.0 Å². The first kappa shape index (κ1) is 24.5. The van der Waals surface area contributed by atoms with E-state index in [9.17, 15) is 9.18 Å². The van der Waals surface area contributed by atoms with Crippen LogP contribution < -0.4 is 9.47 Å². The third-order valence-corrected chi connectivity index (χ3v) is 4.88. The van der Waals surface area contributed by atoms with E-state index in [2.05, 4.69) is 4.98 Å². The number of carbonyl (C=O) groups excluding carboxylic acids is 1. The average Bonchev–Trinajstić information content (AvgIpc) is 2.79. The summed E-state index contributed by atoms with van der Waals surface area (Å²) in [6, 6.07) is 12.3. The predicted octanol–water partition coefficient (Wildman–Crippen LogP) is 5.25. The fourth-order valence-corrected chi connectivity index (χ4v) is 3.43. The molecule has 0 saturated carbocycles. The van der Waals surface area contributed by atoms with Crippen molar-refractivity contribution < 1.29 is 28.1 Å². The van der Waals surface area contributed by atoms with Gasteiger partial charge in [-0.05, 0) is 57.5 Å². The molecule has 7 heteroatoms. The van der Waals surface area contributed by atoms with Crippen molar-refractivity contribution in [1.82, 2.24) is 4.98 Å². The summed E-state index contributed by atoms with van der Waals surface area (Å²) in [5.74, 6) is 0.465. The Morgan fingerprint density at radius 2 is 1.82 bits per heavy atom. The first-order valence-corrected chi connectivity index (χ1v) is 11.2. The van der Waals surface area contributed by atoms with Gasteiger partial charge in [-0.25, -0.2) is 9.18 Å². The van der Waals surface area contributed by atoms with E-state index < -0.39 is 11.9 Å². The van der Waals surface area contributed by atoms with E-state index >= 15 is 0 Å². The maximum Gasteiger partial charge on any atom is 0.335 e. The molecule has 0 N–H and O–H groups in total. The largest absolute Gasteiger partial charge is 0.490 e. The van der Waals surface area contributed by atoms with E-state index in [4.69, 9.17) is 18.9 Å². The number of esters is 1. The number of hydrogen-bond donors (Lipinski definition) is 0. The molecule has 0 amide bonds. The van der Waals surface area contributed by atoms with Crippen LogP contribution in [-0.4, -0.2) is 36.4 Å². The molecule has 1 atom stereocenters. The number of halogens is 1. The maximum absolute atomic E-state index is 14.2. The van der Waals surface area contributed by atoms with E-state index in [1.165, 1.54) is 6.07 Å². The van der Waals surface area contributed by atoms with E-state index in [0.717, 1.165) is 11.1 Å². The van der Waals surface area contributed by atoms with E-state index in [1.54, 1.807) is 25.3 Å². The predicted molar refractivity (Wildman–Crippen MR) is 124 cm³/mol. The third-order valence-electron chi connectivity index (χ3n) is 4.88. The molecular formula is C26H30FNO5. The number of benzene rings is 2. The molecule has 1 unspecified atom stereocenters. The molecule has 0 radical (unpaired) electrons. The van der Waals surface area contributed by atoms with Gasteiger partial charge >= 0.3 is 5.97 Å². The SMILES string of the molecule is CCOC(=O)C(Cc1ccc(OCc2cnc3c(F)cccc3c2OC(C)C)cc1)OCC. The standard InChI is InChI=1S/C26H30FNO5/c1-5-30-23(26(29)31-6-2)14-18-10-12-20(13-11-18)32-16-19-15-28-24-21(8-7-9-22(24)27)25(19)33-17(3)4/h7-13,15,17,23H,5-6,14,16H2,1-4H3. The summed E-state index contributed by atoms with van der Waals surface area (Å²) in [5.41, 5.74) is 1.93. The lowest BCUT2D eigenvalue weighted by Gasteiger charge is -2.17. The summed E-state index contributed by atoms with van der Waals surface area (Å²) in [4.78, 5) is 16.3. The molecule has 0 bridgehead atoms. The van der Waals surface area contributed by atoms with Crippen LogP contribution >= 0.6 is 0 Å². The molecule has 0 saturated heterocycles. The number of carbonyl (C=O) groups is 1. The number of pyridine rings is 1. The minimum atomic E-state index is -0.637. The zero-order valence-electron chi connectivity index (χ0n) is 19.5. The van der Waals surface area contributed by atoms with Gasteiger partial charge in [0, 0.05) is 24.6 Å². The van der Waals surface area contributed by atoms with Crippen molar-refractivity contribution in [2.75, 3.05) is 13.2 Å². The van der Waals surface area contributed by atoms with Crippen molar-refractivity contribution in [2.45, 2.75) is 52.9 Å². The molecule has 1 aromatic heterocycles. The van der Waals surface area contributed by atoms with Crippen LogP contribution in [0.15, 0.2) is 48.7 Å². The van der Waals surface area contributed by atoms with Crippen LogP contribution in [0.2, 0.25) is 0 Å². The van der Waals surface area contributed by atoms with Gasteiger partial charge in [0.25, 0.3) is 0 Å². The minimum Gasteiger partial charge on any atom is -0.490 e. The van der Waals surface area contributed by atoms with Crippen molar-refractivity contribution in [2.24, 2.45) is 0 Å². The molecule has 33 heavy (non-hydrogen) atoms. The molecular weight excluding hydrogens is 425 g/mol. The first-order chi connectivity index (χ1) is 15.9. The van der Waals surface area contributed by atoms with Crippen LogP contribution in [0.1, 0.15) is 38.8 Å². The molecule has 0 aliphatic heterocycles. The molecule has 6 nitrogen and oxygen atoms in total. The van der Waals surface area contributed by atoms with Gasteiger partial charge in [0.15, 0.2) is 6.10 Å². The molecule has 3 rings (SSSR count). The van der Waals surface area contributed by atoms with Gasteiger partial charge in [-0.2, -0.15) is 0 Å². The van der Waals surface area contributed by atoms with Gasteiger partial charge in [-0.1, -0.05) is 18.2 Å². The van der Waals surface area contributed by atoms with Gasteiger partial charge in [0.1, 0.15) is 29.4 Å². The van der Waals surface area contributed by atoms with Crippen molar-refractivity contribution >= 4 is 16.9 Å². The molecule has 0 aliphatic rings. The van der Waals surface area contributed by atoms with Gasteiger partial charge in [0.2, 0.25) is 0 Å². The summed E-state index contributed by atoms with van der Waals surface area (Å²) in [6.45, 7) is 8.40. The van der Waals surface area contributed by atoms with Gasteiger partial charge in [-0.3, -0.25) is 4.98 Å². The Bertz CT molecular complexity index is 1070. The highest BCUT2D eigenvalue weighted by Gasteiger charge is 2.20. The fourth-order valence-electron chi connectivity index (χ4n) is 3.43. The number of nitrogens with zero attached hydrogens (tertiary/aromatic N) is 1. The lowest BCUT2D eigenvalue weighted by Crippen LogP contribution is -2.28. The van der Waals surface area contributed by atoms with Crippen LogP contribution in [0, 0.1) is 5.82 Å². The molecule has 0 aliphatic carbocycles. The second kappa shape index (κ2) is 11.6. The topological polar surface area (TPSA) is 66.9 Å². The van der Waals surface area contributed by atoms with Crippen LogP contribution in [-0.2, 0) is 27.3 Å². The molecule has 176 valence electrons. The monoisotopic (exact) mass is 455 g/mol. The number of fused-ring (bicyclic) bond motifs is 1. The number of ether oxygens (including phenoxy) is 4. The number of para-hydroxylation sites is 1. The molecule has 2 aromatic carbocycles. The van der Waals surface area contributed by atoms with Gasteiger partial charge < -0.3 is 18.9 Å².